The highest BCUT2D eigenvalue weighted by atomic mass is 32.2. The van der Waals surface area contributed by atoms with Crippen LogP contribution in [0.15, 0.2) is 29.2 Å². The van der Waals surface area contributed by atoms with E-state index in [1.807, 2.05) is 6.92 Å². The third-order valence-corrected chi connectivity index (χ3v) is 5.40. The highest BCUT2D eigenvalue weighted by Gasteiger charge is 2.31. The quantitative estimate of drug-likeness (QED) is 0.862. The van der Waals surface area contributed by atoms with Gasteiger partial charge in [0.2, 0.25) is 10.0 Å². The Bertz CT molecular complexity index is 528. The van der Waals surface area contributed by atoms with Crippen molar-refractivity contribution in [3.63, 3.8) is 0 Å². The van der Waals surface area contributed by atoms with Crippen molar-refractivity contribution < 1.29 is 13.2 Å². The zero-order chi connectivity index (χ0) is 14.6. The molecule has 1 atom stereocenters. The predicted octanol–water partition coefficient (Wildman–Crippen LogP) is 1.44. The van der Waals surface area contributed by atoms with E-state index in [0.29, 0.717) is 36.9 Å². The van der Waals surface area contributed by atoms with Gasteiger partial charge in [-0.1, -0.05) is 6.92 Å². The van der Waals surface area contributed by atoms with Crippen LogP contribution in [0.1, 0.15) is 19.8 Å². The Balaban J connectivity index is 2.10. The molecular weight excluding hydrogens is 276 g/mol. The summed E-state index contributed by atoms with van der Waals surface area (Å²) in [6.45, 7) is 4.28. The number of nitrogens with two attached hydrogens (primary N) is 1. The van der Waals surface area contributed by atoms with Crippen LogP contribution in [0.5, 0.6) is 5.75 Å². The minimum atomic E-state index is -3.40. The maximum Gasteiger partial charge on any atom is 0.243 e. The van der Waals surface area contributed by atoms with Gasteiger partial charge in [0, 0.05) is 13.1 Å². The Kier molecular flexibility index (Phi) is 5.01. The van der Waals surface area contributed by atoms with Gasteiger partial charge < -0.3 is 10.5 Å². The van der Waals surface area contributed by atoms with Crippen LogP contribution in [0, 0.1) is 5.92 Å². The van der Waals surface area contributed by atoms with Crippen molar-refractivity contribution >= 4 is 10.0 Å². The summed E-state index contributed by atoms with van der Waals surface area (Å²) in [4.78, 5) is 0.319. The second-order valence-corrected chi connectivity index (χ2v) is 7.01. The van der Waals surface area contributed by atoms with Crippen molar-refractivity contribution in [3.05, 3.63) is 24.3 Å². The molecule has 1 aromatic carbocycles. The molecule has 1 aliphatic heterocycles. The average Bonchev–Trinajstić information content (AvgIpc) is 2.95. The van der Waals surface area contributed by atoms with Gasteiger partial charge in [0.25, 0.3) is 0 Å². The van der Waals surface area contributed by atoms with Crippen molar-refractivity contribution in [2.75, 3.05) is 26.2 Å². The number of hydrogen-bond donors (Lipinski definition) is 1. The topological polar surface area (TPSA) is 72.6 Å². The fourth-order valence-electron chi connectivity index (χ4n) is 2.28. The molecule has 1 fully saturated rings. The SMILES string of the molecule is CCCOc1ccc(S(=O)(=O)N2CCC(CN)C2)cc1. The molecule has 1 aromatic rings. The summed E-state index contributed by atoms with van der Waals surface area (Å²) in [6, 6.07) is 6.63. The lowest BCUT2D eigenvalue weighted by Gasteiger charge is -2.16. The molecule has 2 N–H and O–H groups in total. The van der Waals surface area contributed by atoms with Crippen molar-refractivity contribution in [1.82, 2.24) is 4.31 Å². The van der Waals surface area contributed by atoms with E-state index in [0.717, 1.165) is 12.8 Å². The molecule has 0 spiro atoms. The van der Waals surface area contributed by atoms with Gasteiger partial charge >= 0.3 is 0 Å². The van der Waals surface area contributed by atoms with E-state index in [9.17, 15) is 8.42 Å². The van der Waals surface area contributed by atoms with Crippen LogP contribution in [-0.4, -0.2) is 39.0 Å². The molecule has 0 bridgehead atoms. The second-order valence-electron chi connectivity index (χ2n) is 5.07. The van der Waals surface area contributed by atoms with Crippen LogP contribution >= 0.6 is 0 Å². The molecule has 1 unspecified atom stereocenters. The van der Waals surface area contributed by atoms with Gasteiger partial charge in [0.1, 0.15) is 5.75 Å². The fourth-order valence-corrected chi connectivity index (χ4v) is 3.82. The number of benzene rings is 1. The molecule has 0 aliphatic carbocycles. The maximum absolute atomic E-state index is 12.5. The number of ether oxygens (including phenoxy) is 1. The predicted molar refractivity (Wildman–Crippen MR) is 78.1 cm³/mol. The largest absolute Gasteiger partial charge is 0.494 e. The maximum atomic E-state index is 12.5. The molecule has 6 heteroatoms. The van der Waals surface area contributed by atoms with Crippen molar-refractivity contribution in [2.45, 2.75) is 24.7 Å². The first-order valence-corrected chi connectivity index (χ1v) is 8.45. The van der Waals surface area contributed by atoms with Gasteiger partial charge in [0.05, 0.1) is 11.5 Å². The Morgan fingerprint density at radius 2 is 2.05 bits per heavy atom. The Morgan fingerprint density at radius 1 is 1.35 bits per heavy atom. The first-order chi connectivity index (χ1) is 9.57. The normalized spacial score (nSPS) is 20.2. The van der Waals surface area contributed by atoms with Crippen LogP contribution in [0.4, 0.5) is 0 Å². The molecule has 0 aromatic heterocycles. The molecule has 112 valence electrons. The molecule has 1 aliphatic rings. The molecule has 0 amide bonds. The summed E-state index contributed by atoms with van der Waals surface area (Å²) < 4.78 is 31.9. The average molecular weight is 298 g/mol. The molecule has 5 nitrogen and oxygen atoms in total. The standard InChI is InChI=1S/C14H22N2O3S/c1-2-9-19-13-3-5-14(6-4-13)20(17,18)16-8-7-12(10-15)11-16/h3-6,12H,2,7-11,15H2,1H3. The molecule has 2 rings (SSSR count). The van der Waals surface area contributed by atoms with Gasteiger partial charge in [-0.3, -0.25) is 0 Å². The van der Waals surface area contributed by atoms with Gasteiger partial charge in [-0.05, 0) is 49.6 Å². The minimum Gasteiger partial charge on any atom is -0.494 e. The van der Waals surface area contributed by atoms with Gasteiger partial charge in [-0.2, -0.15) is 4.31 Å². The zero-order valence-electron chi connectivity index (χ0n) is 11.8. The number of hydrogen-bond acceptors (Lipinski definition) is 4. The van der Waals surface area contributed by atoms with Crippen molar-refractivity contribution in [3.8, 4) is 5.75 Å². The first kappa shape index (κ1) is 15.3. The first-order valence-electron chi connectivity index (χ1n) is 7.01. The monoisotopic (exact) mass is 298 g/mol. The Morgan fingerprint density at radius 3 is 2.60 bits per heavy atom. The van der Waals surface area contributed by atoms with Crippen LogP contribution in [-0.2, 0) is 10.0 Å². The van der Waals surface area contributed by atoms with E-state index in [-0.39, 0.29) is 5.92 Å². The van der Waals surface area contributed by atoms with Gasteiger partial charge in [0.15, 0.2) is 0 Å². The Hall–Kier alpha value is -1.11. The minimum absolute atomic E-state index is 0.275. The highest BCUT2D eigenvalue weighted by Crippen LogP contribution is 2.25. The molecular formula is C14H22N2O3S. The molecule has 20 heavy (non-hydrogen) atoms. The van der Waals surface area contributed by atoms with Crippen molar-refractivity contribution in [1.29, 1.82) is 0 Å². The summed E-state index contributed by atoms with van der Waals surface area (Å²) in [5.41, 5.74) is 5.61. The summed E-state index contributed by atoms with van der Waals surface area (Å²) in [5, 5.41) is 0. The van der Waals surface area contributed by atoms with E-state index >= 15 is 0 Å². The van der Waals surface area contributed by atoms with E-state index in [1.54, 1.807) is 24.3 Å². The summed E-state index contributed by atoms with van der Waals surface area (Å²) in [7, 11) is -3.40. The molecule has 1 heterocycles. The summed E-state index contributed by atoms with van der Waals surface area (Å²) >= 11 is 0. The van der Waals surface area contributed by atoms with E-state index in [1.165, 1.54) is 4.31 Å². The number of sulfonamides is 1. The van der Waals surface area contributed by atoms with Crippen LogP contribution in [0.2, 0.25) is 0 Å². The van der Waals surface area contributed by atoms with E-state index in [2.05, 4.69) is 0 Å². The summed E-state index contributed by atoms with van der Waals surface area (Å²) in [5.74, 6) is 0.976. The summed E-state index contributed by atoms with van der Waals surface area (Å²) in [6.07, 6.45) is 1.77. The lowest BCUT2D eigenvalue weighted by molar-refractivity contribution is 0.317. The van der Waals surface area contributed by atoms with Gasteiger partial charge in [-0.15, -0.1) is 0 Å². The zero-order valence-corrected chi connectivity index (χ0v) is 12.6. The molecule has 0 saturated carbocycles. The fraction of sp³-hybridized carbons (Fsp3) is 0.571. The van der Waals surface area contributed by atoms with Crippen LogP contribution in [0.25, 0.3) is 0 Å². The van der Waals surface area contributed by atoms with Crippen LogP contribution in [0.3, 0.4) is 0 Å². The Labute approximate surface area is 120 Å². The highest BCUT2D eigenvalue weighted by molar-refractivity contribution is 7.89. The number of rotatable bonds is 6. The third-order valence-electron chi connectivity index (χ3n) is 3.52. The molecule has 1 saturated heterocycles. The van der Waals surface area contributed by atoms with E-state index < -0.39 is 10.0 Å². The smallest absolute Gasteiger partial charge is 0.243 e. The molecule has 0 radical (unpaired) electrons. The number of nitrogens with zero attached hydrogens (tertiary/aromatic N) is 1. The van der Waals surface area contributed by atoms with Crippen LogP contribution < -0.4 is 10.5 Å². The second kappa shape index (κ2) is 6.56. The van der Waals surface area contributed by atoms with Gasteiger partial charge in [-0.25, -0.2) is 8.42 Å². The lowest BCUT2D eigenvalue weighted by Crippen LogP contribution is -2.30. The lowest BCUT2D eigenvalue weighted by atomic mass is 10.1. The van der Waals surface area contributed by atoms with Crippen molar-refractivity contribution in [2.24, 2.45) is 11.7 Å². The van der Waals surface area contributed by atoms with E-state index in [4.69, 9.17) is 10.5 Å². The third kappa shape index (κ3) is 3.31.